The van der Waals surface area contributed by atoms with E-state index in [1.165, 1.54) is 17.4 Å². The molecule has 0 bridgehead atoms. The van der Waals surface area contributed by atoms with Gasteiger partial charge in [-0.1, -0.05) is 31.5 Å². The van der Waals surface area contributed by atoms with E-state index in [1.807, 2.05) is 49.4 Å². The Bertz CT molecular complexity index is 976. The van der Waals surface area contributed by atoms with Crippen LogP contribution in [0.5, 0.6) is 0 Å². The number of nitrogens with zero attached hydrogens (tertiary/aromatic N) is 2. The lowest BCUT2D eigenvalue weighted by Gasteiger charge is -2.19. The van der Waals surface area contributed by atoms with E-state index in [1.54, 1.807) is 0 Å². The lowest BCUT2D eigenvalue weighted by atomic mass is 10.1. The standard InChI is InChI=1S/C22H24N2O4/c1-4-5-6-17-8-10-18(11-9-17)24(21(26)14-27-16(3)25)22-23-19-12-7-15(2)13-20(19)28-22/h7-13H,4-6,14H2,1-3H3. The van der Waals surface area contributed by atoms with E-state index < -0.39 is 11.9 Å². The zero-order valence-electron chi connectivity index (χ0n) is 16.4. The first-order valence-corrected chi connectivity index (χ1v) is 9.40. The summed E-state index contributed by atoms with van der Waals surface area (Å²) in [7, 11) is 0. The van der Waals surface area contributed by atoms with Gasteiger partial charge < -0.3 is 9.15 Å². The number of oxazole rings is 1. The van der Waals surface area contributed by atoms with Gasteiger partial charge in [-0.15, -0.1) is 0 Å². The molecule has 1 heterocycles. The Kier molecular flexibility index (Phi) is 6.09. The van der Waals surface area contributed by atoms with Crippen LogP contribution in [-0.4, -0.2) is 23.5 Å². The Hall–Kier alpha value is -3.15. The fourth-order valence-corrected chi connectivity index (χ4v) is 2.90. The molecule has 0 aliphatic rings. The highest BCUT2D eigenvalue weighted by atomic mass is 16.5. The van der Waals surface area contributed by atoms with Crippen LogP contribution in [-0.2, 0) is 20.7 Å². The Morgan fingerprint density at radius 2 is 1.89 bits per heavy atom. The number of unbranched alkanes of at least 4 members (excludes halogenated alkanes) is 1. The Balaban J connectivity index is 1.96. The number of fused-ring (bicyclic) bond motifs is 1. The third kappa shape index (κ3) is 4.57. The molecule has 146 valence electrons. The van der Waals surface area contributed by atoms with E-state index in [2.05, 4.69) is 11.9 Å². The van der Waals surface area contributed by atoms with Crippen LogP contribution >= 0.6 is 0 Å². The van der Waals surface area contributed by atoms with Crippen molar-refractivity contribution in [1.29, 1.82) is 0 Å². The first kappa shape index (κ1) is 19.6. The molecule has 2 aromatic carbocycles. The van der Waals surface area contributed by atoms with Gasteiger partial charge in [0.15, 0.2) is 12.2 Å². The van der Waals surface area contributed by atoms with E-state index in [9.17, 15) is 9.59 Å². The minimum atomic E-state index is -0.517. The van der Waals surface area contributed by atoms with Crippen LogP contribution in [0.2, 0.25) is 0 Å². The number of anilines is 2. The van der Waals surface area contributed by atoms with Crippen molar-refractivity contribution < 1.29 is 18.7 Å². The number of aryl methyl sites for hydroxylation is 2. The summed E-state index contributed by atoms with van der Waals surface area (Å²) in [6, 6.07) is 13.5. The molecule has 0 unspecified atom stereocenters. The number of carbonyl (C=O) groups is 2. The molecule has 6 nitrogen and oxygen atoms in total. The van der Waals surface area contributed by atoms with Crippen LogP contribution in [0, 0.1) is 6.92 Å². The van der Waals surface area contributed by atoms with E-state index in [0.717, 1.165) is 24.8 Å². The maximum Gasteiger partial charge on any atom is 0.310 e. The van der Waals surface area contributed by atoms with Gasteiger partial charge >= 0.3 is 12.0 Å². The normalized spacial score (nSPS) is 10.8. The molecule has 0 fully saturated rings. The second-order valence-electron chi connectivity index (χ2n) is 6.75. The summed E-state index contributed by atoms with van der Waals surface area (Å²) in [5, 5.41) is 0. The predicted molar refractivity (Wildman–Crippen MR) is 108 cm³/mol. The average molecular weight is 380 g/mol. The van der Waals surface area contributed by atoms with Gasteiger partial charge in [0.1, 0.15) is 5.52 Å². The van der Waals surface area contributed by atoms with Crippen molar-refractivity contribution in [3.63, 3.8) is 0 Å². The first-order valence-electron chi connectivity index (χ1n) is 9.40. The molecule has 0 saturated carbocycles. The molecule has 0 aliphatic carbocycles. The van der Waals surface area contributed by atoms with Crippen LogP contribution in [0.4, 0.5) is 11.7 Å². The zero-order chi connectivity index (χ0) is 20.1. The molecule has 1 amide bonds. The van der Waals surface area contributed by atoms with E-state index in [-0.39, 0.29) is 12.6 Å². The molecule has 0 aliphatic heterocycles. The lowest BCUT2D eigenvalue weighted by Crippen LogP contribution is -2.30. The summed E-state index contributed by atoms with van der Waals surface area (Å²) in [6.07, 6.45) is 3.22. The highest BCUT2D eigenvalue weighted by molar-refractivity contribution is 6.00. The van der Waals surface area contributed by atoms with Gasteiger partial charge in [0, 0.05) is 6.92 Å². The molecule has 0 N–H and O–H groups in total. The number of ether oxygens (including phenoxy) is 1. The van der Waals surface area contributed by atoms with Crippen LogP contribution in [0.1, 0.15) is 37.8 Å². The van der Waals surface area contributed by atoms with Gasteiger partial charge in [0.25, 0.3) is 5.91 Å². The van der Waals surface area contributed by atoms with Gasteiger partial charge in [0.2, 0.25) is 0 Å². The lowest BCUT2D eigenvalue weighted by molar-refractivity contribution is -0.145. The number of rotatable bonds is 7. The molecule has 1 aromatic heterocycles. The number of benzene rings is 2. The van der Waals surface area contributed by atoms with E-state index in [4.69, 9.17) is 9.15 Å². The predicted octanol–water partition coefficient (Wildman–Crippen LogP) is 4.71. The highest BCUT2D eigenvalue weighted by Gasteiger charge is 2.24. The summed E-state index contributed by atoms with van der Waals surface area (Å²) >= 11 is 0. The maximum atomic E-state index is 12.8. The summed E-state index contributed by atoms with van der Waals surface area (Å²) in [6.45, 7) is 4.99. The number of hydrogen-bond acceptors (Lipinski definition) is 5. The largest absolute Gasteiger partial charge is 0.456 e. The van der Waals surface area contributed by atoms with Crippen molar-refractivity contribution in [2.24, 2.45) is 0 Å². The SMILES string of the molecule is CCCCc1ccc(N(C(=O)COC(C)=O)c2nc3ccc(C)cc3o2)cc1. The molecular formula is C22H24N2O4. The number of esters is 1. The highest BCUT2D eigenvalue weighted by Crippen LogP contribution is 2.29. The van der Waals surface area contributed by atoms with Gasteiger partial charge in [0.05, 0.1) is 5.69 Å². The number of amides is 1. The van der Waals surface area contributed by atoms with Crippen LogP contribution < -0.4 is 4.90 Å². The topological polar surface area (TPSA) is 72.6 Å². The second-order valence-corrected chi connectivity index (χ2v) is 6.75. The van der Waals surface area contributed by atoms with Crippen molar-refractivity contribution in [2.45, 2.75) is 40.0 Å². The third-order valence-electron chi connectivity index (χ3n) is 4.39. The van der Waals surface area contributed by atoms with E-state index >= 15 is 0 Å². The summed E-state index contributed by atoms with van der Waals surface area (Å²) < 4.78 is 10.7. The maximum absolute atomic E-state index is 12.8. The average Bonchev–Trinajstić information content (AvgIpc) is 3.08. The first-order chi connectivity index (χ1) is 13.5. The van der Waals surface area contributed by atoms with Crippen molar-refractivity contribution in [2.75, 3.05) is 11.5 Å². The quantitative estimate of drug-likeness (QED) is 0.555. The summed E-state index contributed by atoms with van der Waals surface area (Å²) in [5.41, 5.74) is 4.10. The Morgan fingerprint density at radius 3 is 2.57 bits per heavy atom. The molecule has 3 rings (SSSR count). The van der Waals surface area contributed by atoms with Crippen molar-refractivity contribution >= 4 is 34.7 Å². The summed E-state index contributed by atoms with van der Waals surface area (Å²) in [4.78, 5) is 29.7. The van der Waals surface area contributed by atoms with Gasteiger partial charge in [-0.2, -0.15) is 4.98 Å². The molecule has 3 aromatic rings. The molecule has 6 heteroatoms. The number of aromatic nitrogens is 1. The van der Waals surface area contributed by atoms with Gasteiger partial charge in [-0.3, -0.25) is 9.59 Å². The van der Waals surface area contributed by atoms with Crippen molar-refractivity contribution in [3.05, 3.63) is 53.6 Å². The summed E-state index contributed by atoms with van der Waals surface area (Å²) in [5.74, 6) is -0.948. The second kappa shape index (κ2) is 8.69. The zero-order valence-corrected chi connectivity index (χ0v) is 16.4. The molecule has 0 radical (unpaired) electrons. The fourth-order valence-electron chi connectivity index (χ4n) is 2.90. The van der Waals surface area contributed by atoms with Gasteiger partial charge in [-0.25, -0.2) is 4.90 Å². The molecular weight excluding hydrogens is 356 g/mol. The number of hydrogen-bond donors (Lipinski definition) is 0. The monoisotopic (exact) mass is 380 g/mol. The third-order valence-corrected chi connectivity index (χ3v) is 4.39. The Labute approximate surface area is 164 Å². The van der Waals surface area contributed by atoms with Crippen LogP contribution in [0.25, 0.3) is 11.1 Å². The van der Waals surface area contributed by atoms with Crippen molar-refractivity contribution in [3.8, 4) is 0 Å². The molecule has 28 heavy (non-hydrogen) atoms. The molecule has 0 atom stereocenters. The number of carbonyl (C=O) groups excluding carboxylic acids is 2. The smallest absolute Gasteiger partial charge is 0.310 e. The molecule has 0 spiro atoms. The van der Waals surface area contributed by atoms with E-state index in [0.29, 0.717) is 16.8 Å². The van der Waals surface area contributed by atoms with Crippen LogP contribution in [0.3, 0.4) is 0 Å². The minimum absolute atomic E-state index is 0.152. The molecule has 0 saturated heterocycles. The van der Waals surface area contributed by atoms with Crippen LogP contribution in [0.15, 0.2) is 46.9 Å². The minimum Gasteiger partial charge on any atom is -0.456 e. The fraction of sp³-hybridized carbons (Fsp3) is 0.318. The van der Waals surface area contributed by atoms with Crippen molar-refractivity contribution in [1.82, 2.24) is 4.98 Å². The van der Waals surface area contributed by atoms with Gasteiger partial charge in [-0.05, 0) is 55.2 Å². The Morgan fingerprint density at radius 1 is 1.14 bits per heavy atom.